The van der Waals surface area contributed by atoms with Gasteiger partial charge in [0.05, 0.1) is 39.9 Å². The number of hydrogen-bond acceptors (Lipinski definition) is 10. The van der Waals surface area contributed by atoms with E-state index in [0.29, 0.717) is 22.2 Å². The maximum absolute atomic E-state index is 14.0. The van der Waals surface area contributed by atoms with Crippen molar-refractivity contribution in [1.29, 1.82) is 0 Å². The van der Waals surface area contributed by atoms with Crippen LogP contribution < -0.4 is 4.74 Å². The normalized spacial score (nSPS) is 11.2. The highest BCUT2D eigenvalue weighted by molar-refractivity contribution is 7.98. The first-order chi connectivity index (χ1) is 29.3. The molecule has 0 aliphatic carbocycles. The van der Waals surface area contributed by atoms with Crippen LogP contribution in [0.5, 0.6) is 5.75 Å². The summed E-state index contributed by atoms with van der Waals surface area (Å²) in [6.07, 6.45) is 6.77. The maximum Gasteiger partial charge on any atom is 0.165 e. The quantitative estimate of drug-likeness (QED) is 0.128. The number of H-pyrrole nitrogens is 2. The predicted octanol–water partition coefficient (Wildman–Crippen LogP) is 9.13. The molecule has 0 aliphatic rings. The first-order valence-electron chi connectivity index (χ1n) is 18.7. The molecule has 0 atom stereocenters. The largest absolute Gasteiger partial charge is 0.483 e. The molecular formula is C44H34F2N12OS. The second-order valence-corrected chi connectivity index (χ2v) is 14.6. The lowest BCUT2D eigenvalue weighted by molar-refractivity contribution is 0.282. The number of ether oxygens (including phenoxy) is 1. The van der Waals surface area contributed by atoms with Gasteiger partial charge in [-0.1, -0.05) is 36.4 Å². The third-order valence-corrected chi connectivity index (χ3v) is 10.4. The van der Waals surface area contributed by atoms with Gasteiger partial charge >= 0.3 is 0 Å². The van der Waals surface area contributed by atoms with Crippen LogP contribution in [-0.4, -0.2) is 59.1 Å². The molecule has 0 aliphatic heterocycles. The lowest BCUT2D eigenvalue weighted by atomic mass is 10.1. The molecule has 60 heavy (non-hydrogen) atoms. The smallest absolute Gasteiger partial charge is 0.165 e. The highest BCUT2D eigenvalue weighted by Crippen LogP contribution is 2.33. The predicted molar refractivity (Wildman–Crippen MR) is 224 cm³/mol. The molecule has 10 aromatic rings. The number of imidazole rings is 2. The van der Waals surface area contributed by atoms with Gasteiger partial charge in [-0.2, -0.15) is 10.2 Å². The molecule has 16 heteroatoms. The van der Waals surface area contributed by atoms with Crippen LogP contribution in [0.1, 0.15) is 23.0 Å². The zero-order valence-corrected chi connectivity index (χ0v) is 33.0. The number of nitrogens with one attached hydrogen (secondary N) is 2. The van der Waals surface area contributed by atoms with Gasteiger partial charge in [0.1, 0.15) is 36.7 Å². The standard InChI is InChI=1S/C22H17FN6O.C22H17FN6S/c2*1-14-5-4-7-17(26-14)22-21(15-9-10-20-24-13-25-29(20)11-15)27-19(28-22)12-30-18-8-3-2-6-16(18)23/h2*2-11,13H,12H2,1H3,(H,27,28). The van der Waals surface area contributed by atoms with Gasteiger partial charge in [0.2, 0.25) is 0 Å². The Morgan fingerprint density at radius 2 is 1.13 bits per heavy atom. The van der Waals surface area contributed by atoms with Gasteiger partial charge in [0.15, 0.2) is 22.9 Å². The minimum absolute atomic E-state index is 0.0886. The number of benzene rings is 2. The number of aryl methyl sites for hydroxylation is 2. The molecular weight excluding hydrogens is 783 g/mol. The SMILES string of the molecule is Cc1cccc(-c2[nH]c(COc3ccccc3F)nc2-c2ccc3ncnn3c2)n1.Cc1cccc(-c2[nH]c(CSc3ccccc3F)nc2-c2ccc3ncnn3c2)n1. The van der Waals surface area contributed by atoms with E-state index in [2.05, 4.69) is 40.1 Å². The summed E-state index contributed by atoms with van der Waals surface area (Å²) in [5.74, 6) is 1.34. The van der Waals surface area contributed by atoms with Crippen LogP contribution in [0.3, 0.4) is 0 Å². The molecule has 2 aromatic carbocycles. The summed E-state index contributed by atoms with van der Waals surface area (Å²) >= 11 is 1.40. The molecule has 0 bridgehead atoms. The van der Waals surface area contributed by atoms with E-state index in [9.17, 15) is 8.78 Å². The number of rotatable bonds is 10. The molecule has 0 fully saturated rings. The fourth-order valence-corrected chi connectivity index (χ4v) is 7.27. The van der Waals surface area contributed by atoms with Crippen molar-refractivity contribution in [3.63, 3.8) is 0 Å². The Bertz CT molecular complexity index is 2890. The average Bonchev–Trinajstić information content (AvgIpc) is 4.09. The van der Waals surface area contributed by atoms with E-state index in [0.717, 1.165) is 68.1 Å². The Kier molecular flexibility index (Phi) is 10.6. The van der Waals surface area contributed by atoms with Crippen LogP contribution in [0.2, 0.25) is 0 Å². The molecule has 0 radical (unpaired) electrons. The van der Waals surface area contributed by atoms with Gasteiger partial charge in [-0.25, -0.2) is 37.7 Å². The molecule has 0 amide bonds. The maximum atomic E-state index is 14.0. The number of aromatic nitrogens is 12. The second-order valence-electron chi connectivity index (χ2n) is 13.5. The summed E-state index contributed by atoms with van der Waals surface area (Å²) in [6, 6.07) is 32.4. The van der Waals surface area contributed by atoms with Crippen LogP contribution in [-0.2, 0) is 12.4 Å². The number of nitrogens with zero attached hydrogens (tertiary/aromatic N) is 10. The number of hydrogen-bond donors (Lipinski definition) is 2. The molecule has 0 saturated carbocycles. The Morgan fingerprint density at radius 3 is 1.72 bits per heavy atom. The summed E-state index contributed by atoms with van der Waals surface area (Å²) in [7, 11) is 0. The van der Waals surface area contributed by atoms with Crippen molar-refractivity contribution in [2.75, 3.05) is 0 Å². The van der Waals surface area contributed by atoms with Gasteiger partial charge < -0.3 is 14.7 Å². The van der Waals surface area contributed by atoms with Crippen LogP contribution in [0.15, 0.2) is 139 Å². The molecule has 2 N–H and O–H groups in total. The van der Waals surface area contributed by atoms with Crippen LogP contribution in [0.4, 0.5) is 8.78 Å². The van der Waals surface area contributed by atoms with Gasteiger partial charge in [0, 0.05) is 39.8 Å². The molecule has 8 aromatic heterocycles. The number of pyridine rings is 4. The van der Waals surface area contributed by atoms with Gasteiger partial charge in [-0.15, -0.1) is 11.8 Å². The zero-order chi connectivity index (χ0) is 41.0. The number of para-hydroxylation sites is 1. The van der Waals surface area contributed by atoms with Crippen LogP contribution >= 0.6 is 11.8 Å². The van der Waals surface area contributed by atoms with Gasteiger partial charge in [-0.05, 0) is 86.6 Å². The summed E-state index contributed by atoms with van der Waals surface area (Å²) < 4.78 is 36.9. The fourth-order valence-electron chi connectivity index (χ4n) is 6.46. The van der Waals surface area contributed by atoms with E-state index in [1.54, 1.807) is 39.4 Å². The fraction of sp³-hybridized carbons (Fsp3) is 0.0909. The lowest BCUT2D eigenvalue weighted by Crippen LogP contribution is -1.99. The van der Waals surface area contributed by atoms with Crippen LogP contribution in [0.25, 0.3) is 56.6 Å². The van der Waals surface area contributed by atoms with E-state index in [1.165, 1.54) is 36.5 Å². The van der Waals surface area contributed by atoms with Crippen LogP contribution in [0, 0.1) is 25.5 Å². The molecule has 8 heterocycles. The number of fused-ring (bicyclic) bond motifs is 2. The van der Waals surface area contributed by atoms with Crippen molar-refractivity contribution in [2.45, 2.75) is 31.1 Å². The van der Waals surface area contributed by atoms with E-state index in [1.807, 2.05) is 93.0 Å². The van der Waals surface area contributed by atoms with Crippen molar-refractivity contribution in [3.05, 3.63) is 169 Å². The van der Waals surface area contributed by atoms with Crippen molar-refractivity contribution in [2.24, 2.45) is 0 Å². The Labute approximate surface area is 345 Å². The molecule has 0 spiro atoms. The third kappa shape index (κ3) is 8.21. The molecule has 13 nitrogen and oxygen atoms in total. The number of halogens is 2. The van der Waals surface area contributed by atoms with Gasteiger partial charge in [0.25, 0.3) is 0 Å². The van der Waals surface area contributed by atoms with E-state index in [-0.39, 0.29) is 18.2 Å². The average molecular weight is 817 g/mol. The highest BCUT2D eigenvalue weighted by Gasteiger charge is 2.19. The van der Waals surface area contributed by atoms with Crippen molar-refractivity contribution >= 4 is 23.1 Å². The Morgan fingerprint density at radius 1 is 0.583 bits per heavy atom. The van der Waals surface area contributed by atoms with Crippen molar-refractivity contribution in [1.82, 2.24) is 59.1 Å². The van der Waals surface area contributed by atoms with E-state index < -0.39 is 5.82 Å². The molecule has 0 unspecified atom stereocenters. The minimum Gasteiger partial charge on any atom is -0.483 e. The van der Waals surface area contributed by atoms with E-state index >= 15 is 0 Å². The summed E-state index contributed by atoms with van der Waals surface area (Å²) in [4.78, 5) is 34.5. The van der Waals surface area contributed by atoms with Crippen molar-refractivity contribution < 1.29 is 13.5 Å². The molecule has 0 saturated heterocycles. The summed E-state index contributed by atoms with van der Waals surface area (Å²) in [6.45, 7) is 3.98. The molecule has 296 valence electrons. The monoisotopic (exact) mass is 816 g/mol. The minimum atomic E-state index is -0.415. The summed E-state index contributed by atoms with van der Waals surface area (Å²) in [5, 5.41) is 8.42. The van der Waals surface area contributed by atoms with Crippen molar-refractivity contribution in [3.8, 4) is 51.0 Å². The third-order valence-electron chi connectivity index (χ3n) is 9.29. The lowest BCUT2D eigenvalue weighted by Gasteiger charge is -2.04. The first-order valence-corrected chi connectivity index (χ1v) is 19.7. The number of thioether (sulfide) groups is 1. The second kappa shape index (κ2) is 16.7. The molecule has 10 rings (SSSR count). The Balaban J connectivity index is 0.000000154. The van der Waals surface area contributed by atoms with E-state index in [4.69, 9.17) is 14.7 Å². The topological polar surface area (TPSA) is 153 Å². The van der Waals surface area contributed by atoms with Gasteiger partial charge in [-0.3, -0.25) is 9.97 Å². The zero-order valence-electron chi connectivity index (χ0n) is 32.2. The summed E-state index contributed by atoms with van der Waals surface area (Å²) in [5.41, 5.74) is 9.68. The Hall–Kier alpha value is -7.59. The highest BCUT2D eigenvalue weighted by atomic mass is 32.2. The number of aromatic amines is 2. The first kappa shape index (κ1) is 38.0.